The molecule has 0 radical (unpaired) electrons. The van der Waals surface area contributed by atoms with Gasteiger partial charge in [0.1, 0.15) is 11.5 Å². The first-order valence-electron chi connectivity index (χ1n) is 10.4. The lowest BCUT2D eigenvalue weighted by molar-refractivity contribution is -0.123. The second kappa shape index (κ2) is 11.3. The number of ether oxygens (including phenoxy) is 2. The van der Waals surface area contributed by atoms with E-state index in [2.05, 4.69) is 24.4 Å². The van der Waals surface area contributed by atoms with Crippen LogP contribution in [-0.2, 0) is 4.79 Å². The van der Waals surface area contributed by atoms with E-state index < -0.39 is 5.97 Å². The Kier molecular flexibility index (Phi) is 8.22. The molecular formula is C26H25ClN2O4. The minimum Gasteiger partial charge on any atom is -0.483 e. The number of benzene rings is 3. The standard InChI is InChI=1S/C26H25ClN2O4/c1-17(2)23-12-7-18(3)13-24(23)32-16-25(30)29-28-15-19-5-4-6-22(14-19)33-26(31)20-8-10-21(27)11-9-20/h4-15,17H,16H2,1-3H3,(H,29,30)/b28-15+. The molecule has 1 N–H and O–H groups in total. The number of aryl methyl sites for hydroxylation is 1. The predicted molar refractivity (Wildman–Crippen MR) is 129 cm³/mol. The van der Waals surface area contributed by atoms with Crippen LogP contribution in [0, 0.1) is 6.92 Å². The van der Waals surface area contributed by atoms with E-state index >= 15 is 0 Å². The molecule has 0 atom stereocenters. The lowest BCUT2D eigenvalue weighted by Gasteiger charge is -2.14. The van der Waals surface area contributed by atoms with E-state index in [1.165, 1.54) is 6.21 Å². The predicted octanol–water partition coefficient (Wildman–Crippen LogP) is 5.52. The van der Waals surface area contributed by atoms with Gasteiger partial charge in [0.25, 0.3) is 5.91 Å². The average Bonchev–Trinajstić information content (AvgIpc) is 2.78. The first-order chi connectivity index (χ1) is 15.8. The summed E-state index contributed by atoms with van der Waals surface area (Å²) >= 11 is 5.84. The Bertz CT molecular complexity index is 1160. The molecule has 0 bridgehead atoms. The van der Waals surface area contributed by atoms with Gasteiger partial charge in [-0.25, -0.2) is 10.2 Å². The molecule has 0 aliphatic rings. The number of hydrogen-bond acceptors (Lipinski definition) is 5. The largest absolute Gasteiger partial charge is 0.483 e. The van der Waals surface area contributed by atoms with Crippen molar-refractivity contribution in [3.63, 3.8) is 0 Å². The van der Waals surface area contributed by atoms with E-state index in [9.17, 15) is 9.59 Å². The average molecular weight is 465 g/mol. The summed E-state index contributed by atoms with van der Waals surface area (Å²) in [4.78, 5) is 24.4. The topological polar surface area (TPSA) is 77.0 Å². The van der Waals surface area contributed by atoms with Gasteiger partial charge in [0.05, 0.1) is 11.8 Å². The summed E-state index contributed by atoms with van der Waals surface area (Å²) in [6.45, 7) is 5.97. The number of hydrazone groups is 1. The number of esters is 1. The first kappa shape index (κ1) is 24.0. The highest BCUT2D eigenvalue weighted by molar-refractivity contribution is 6.30. The molecule has 1 amide bonds. The zero-order valence-corrected chi connectivity index (χ0v) is 19.4. The fraction of sp³-hybridized carbons (Fsp3) is 0.192. The molecule has 3 aromatic rings. The maximum Gasteiger partial charge on any atom is 0.343 e. The van der Waals surface area contributed by atoms with Crippen LogP contribution in [0.1, 0.15) is 46.8 Å². The Labute approximate surface area is 198 Å². The second-order valence-electron chi connectivity index (χ2n) is 7.75. The maximum absolute atomic E-state index is 12.2. The van der Waals surface area contributed by atoms with Gasteiger partial charge >= 0.3 is 5.97 Å². The highest BCUT2D eigenvalue weighted by atomic mass is 35.5. The normalized spacial score (nSPS) is 10.9. The zero-order chi connectivity index (χ0) is 23.8. The van der Waals surface area contributed by atoms with E-state index in [0.717, 1.165) is 11.1 Å². The zero-order valence-electron chi connectivity index (χ0n) is 18.7. The van der Waals surface area contributed by atoms with Crippen molar-refractivity contribution in [1.29, 1.82) is 0 Å². The third-order valence-corrected chi connectivity index (χ3v) is 4.95. The number of rotatable bonds is 8. The van der Waals surface area contributed by atoms with Crippen LogP contribution in [0.5, 0.6) is 11.5 Å². The van der Waals surface area contributed by atoms with Gasteiger partial charge in [-0.05, 0) is 72.0 Å². The molecular weight excluding hydrogens is 440 g/mol. The van der Waals surface area contributed by atoms with Crippen LogP contribution in [0.3, 0.4) is 0 Å². The van der Waals surface area contributed by atoms with Gasteiger partial charge < -0.3 is 9.47 Å². The molecule has 0 unspecified atom stereocenters. The smallest absolute Gasteiger partial charge is 0.343 e. The van der Waals surface area contributed by atoms with Gasteiger partial charge in [0, 0.05) is 5.02 Å². The summed E-state index contributed by atoms with van der Waals surface area (Å²) in [5.41, 5.74) is 5.58. The molecule has 0 saturated carbocycles. The SMILES string of the molecule is Cc1ccc(C(C)C)c(OCC(=O)N/N=C/c2cccc(OC(=O)c3ccc(Cl)cc3)c2)c1. The van der Waals surface area contributed by atoms with Crippen molar-refractivity contribution in [2.45, 2.75) is 26.7 Å². The van der Waals surface area contributed by atoms with Crippen LogP contribution in [0.25, 0.3) is 0 Å². The summed E-state index contributed by atoms with van der Waals surface area (Å²) in [5.74, 6) is 0.451. The summed E-state index contributed by atoms with van der Waals surface area (Å²) in [5, 5.41) is 4.50. The van der Waals surface area contributed by atoms with Crippen molar-refractivity contribution in [3.05, 3.63) is 94.0 Å². The van der Waals surface area contributed by atoms with Crippen molar-refractivity contribution in [2.75, 3.05) is 6.61 Å². The minimum absolute atomic E-state index is 0.154. The van der Waals surface area contributed by atoms with E-state index in [1.807, 2.05) is 25.1 Å². The van der Waals surface area contributed by atoms with Gasteiger partial charge in [0.2, 0.25) is 0 Å². The summed E-state index contributed by atoms with van der Waals surface area (Å²) < 4.78 is 11.1. The van der Waals surface area contributed by atoms with Crippen LogP contribution < -0.4 is 14.9 Å². The Balaban J connectivity index is 1.54. The fourth-order valence-corrected chi connectivity index (χ4v) is 3.13. The fourth-order valence-electron chi connectivity index (χ4n) is 3.01. The van der Waals surface area contributed by atoms with E-state index in [4.69, 9.17) is 21.1 Å². The number of carbonyl (C=O) groups is 2. The van der Waals surface area contributed by atoms with Crippen molar-refractivity contribution in [3.8, 4) is 11.5 Å². The van der Waals surface area contributed by atoms with Crippen LogP contribution >= 0.6 is 11.6 Å². The Morgan fingerprint density at radius 2 is 1.82 bits per heavy atom. The second-order valence-corrected chi connectivity index (χ2v) is 8.18. The summed E-state index contributed by atoms with van der Waals surface area (Å²) in [6, 6.07) is 19.2. The van der Waals surface area contributed by atoms with Gasteiger partial charge in [-0.15, -0.1) is 0 Å². The number of carbonyl (C=O) groups excluding carboxylic acids is 2. The molecule has 0 spiro atoms. The van der Waals surface area contributed by atoms with Crippen molar-refractivity contribution < 1.29 is 19.1 Å². The van der Waals surface area contributed by atoms with Crippen LogP contribution in [0.15, 0.2) is 71.8 Å². The molecule has 3 rings (SSSR count). The quantitative estimate of drug-likeness (QED) is 0.206. The minimum atomic E-state index is -0.497. The Morgan fingerprint density at radius 3 is 2.55 bits per heavy atom. The molecule has 0 aromatic heterocycles. The number of amides is 1. The van der Waals surface area contributed by atoms with Gasteiger partial charge in [-0.1, -0.05) is 49.7 Å². The molecule has 0 aliphatic carbocycles. The number of halogens is 1. The lowest BCUT2D eigenvalue weighted by Crippen LogP contribution is -2.25. The van der Waals surface area contributed by atoms with Crippen molar-refractivity contribution in [1.82, 2.24) is 5.43 Å². The van der Waals surface area contributed by atoms with Gasteiger partial charge in [0.15, 0.2) is 6.61 Å². The Morgan fingerprint density at radius 1 is 1.06 bits per heavy atom. The third kappa shape index (κ3) is 7.19. The summed E-state index contributed by atoms with van der Waals surface area (Å²) in [6.07, 6.45) is 1.46. The molecule has 6 nitrogen and oxygen atoms in total. The number of nitrogens with one attached hydrogen (secondary N) is 1. The molecule has 0 heterocycles. The number of hydrogen-bond donors (Lipinski definition) is 1. The third-order valence-electron chi connectivity index (χ3n) is 4.70. The lowest BCUT2D eigenvalue weighted by atomic mass is 10.0. The van der Waals surface area contributed by atoms with Crippen LogP contribution in [-0.4, -0.2) is 24.7 Å². The molecule has 3 aromatic carbocycles. The highest BCUT2D eigenvalue weighted by Crippen LogP contribution is 2.27. The molecule has 7 heteroatoms. The van der Waals surface area contributed by atoms with Gasteiger partial charge in [-0.2, -0.15) is 5.10 Å². The monoisotopic (exact) mass is 464 g/mol. The van der Waals surface area contributed by atoms with Crippen LogP contribution in [0.2, 0.25) is 5.02 Å². The van der Waals surface area contributed by atoms with Crippen LogP contribution in [0.4, 0.5) is 0 Å². The summed E-state index contributed by atoms with van der Waals surface area (Å²) in [7, 11) is 0. The molecule has 33 heavy (non-hydrogen) atoms. The highest BCUT2D eigenvalue weighted by Gasteiger charge is 2.11. The first-order valence-corrected chi connectivity index (χ1v) is 10.8. The van der Waals surface area contributed by atoms with Gasteiger partial charge in [-0.3, -0.25) is 4.79 Å². The van der Waals surface area contributed by atoms with E-state index in [-0.39, 0.29) is 18.4 Å². The molecule has 0 aliphatic heterocycles. The Hall–Kier alpha value is -3.64. The van der Waals surface area contributed by atoms with Crippen molar-refractivity contribution >= 4 is 29.7 Å². The molecule has 0 saturated heterocycles. The van der Waals surface area contributed by atoms with E-state index in [0.29, 0.717) is 27.6 Å². The molecule has 0 fully saturated rings. The maximum atomic E-state index is 12.2. The molecule has 170 valence electrons. The van der Waals surface area contributed by atoms with E-state index in [1.54, 1.807) is 48.5 Å². The number of nitrogens with zero attached hydrogens (tertiary/aromatic N) is 1. The van der Waals surface area contributed by atoms with Crippen molar-refractivity contribution in [2.24, 2.45) is 5.10 Å².